The summed E-state index contributed by atoms with van der Waals surface area (Å²) in [5.41, 5.74) is 2.74. The molecule has 0 spiro atoms. The zero-order valence-corrected chi connectivity index (χ0v) is 11.7. The summed E-state index contributed by atoms with van der Waals surface area (Å²) < 4.78 is 10.4. The average molecular weight is 257 g/mol. The van der Waals surface area contributed by atoms with Crippen molar-refractivity contribution in [3.63, 3.8) is 0 Å². The van der Waals surface area contributed by atoms with Crippen LogP contribution in [0.15, 0.2) is 5.10 Å². The van der Waals surface area contributed by atoms with Crippen LogP contribution < -0.4 is 5.43 Å². The summed E-state index contributed by atoms with van der Waals surface area (Å²) in [6, 6.07) is 0. The number of carbonyl (C=O) groups is 1. The first-order valence-electron chi connectivity index (χ1n) is 6.19. The van der Waals surface area contributed by atoms with Crippen molar-refractivity contribution in [1.29, 1.82) is 0 Å². The summed E-state index contributed by atoms with van der Waals surface area (Å²) in [4.78, 5) is 13.6. The van der Waals surface area contributed by atoms with Gasteiger partial charge in [-0.05, 0) is 27.7 Å². The molecule has 0 saturated carbocycles. The molecule has 1 aliphatic rings. The maximum Gasteiger partial charge on any atom is 0.428 e. The lowest BCUT2D eigenvalue weighted by Crippen LogP contribution is -2.39. The molecule has 1 rings (SSSR count). The zero-order chi connectivity index (χ0) is 13.6. The van der Waals surface area contributed by atoms with Gasteiger partial charge in [0, 0.05) is 25.3 Å². The Morgan fingerprint density at radius 1 is 1.39 bits per heavy atom. The van der Waals surface area contributed by atoms with E-state index in [4.69, 9.17) is 9.47 Å². The molecule has 6 heteroatoms. The Balaban J connectivity index is 2.30. The fourth-order valence-corrected chi connectivity index (χ4v) is 1.56. The van der Waals surface area contributed by atoms with Crippen LogP contribution in [-0.4, -0.2) is 55.2 Å². The Labute approximate surface area is 108 Å². The maximum absolute atomic E-state index is 11.4. The minimum Gasteiger partial charge on any atom is -0.443 e. The fourth-order valence-electron chi connectivity index (χ4n) is 1.56. The molecule has 18 heavy (non-hydrogen) atoms. The summed E-state index contributed by atoms with van der Waals surface area (Å²) in [7, 11) is 0. The number of rotatable bonds is 3. The number of carbonyl (C=O) groups excluding carboxylic acids is 1. The first kappa shape index (κ1) is 14.9. The van der Waals surface area contributed by atoms with Crippen molar-refractivity contribution in [2.75, 3.05) is 32.8 Å². The van der Waals surface area contributed by atoms with Gasteiger partial charge in [0.2, 0.25) is 0 Å². The minimum absolute atomic E-state index is 0.502. The van der Waals surface area contributed by atoms with Crippen molar-refractivity contribution in [3.05, 3.63) is 0 Å². The summed E-state index contributed by atoms with van der Waals surface area (Å²) in [6.45, 7) is 11.4. The topological polar surface area (TPSA) is 63.2 Å². The van der Waals surface area contributed by atoms with E-state index >= 15 is 0 Å². The van der Waals surface area contributed by atoms with E-state index in [2.05, 4.69) is 15.4 Å². The lowest BCUT2D eigenvalue weighted by Gasteiger charge is -2.26. The molecular formula is C12H23N3O3. The minimum atomic E-state index is -0.524. The van der Waals surface area contributed by atoms with Crippen molar-refractivity contribution in [3.8, 4) is 0 Å². The van der Waals surface area contributed by atoms with Crippen molar-refractivity contribution in [2.45, 2.75) is 33.3 Å². The number of amides is 1. The second-order valence-corrected chi connectivity index (χ2v) is 5.35. The van der Waals surface area contributed by atoms with Gasteiger partial charge in [-0.1, -0.05) is 0 Å². The molecule has 1 amide bonds. The van der Waals surface area contributed by atoms with Crippen molar-refractivity contribution in [2.24, 2.45) is 5.10 Å². The number of hydrogen-bond acceptors (Lipinski definition) is 5. The molecule has 0 radical (unpaired) electrons. The van der Waals surface area contributed by atoms with Gasteiger partial charge in [-0.3, -0.25) is 4.90 Å². The lowest BCUT2D eigenvalue weighted by molar-refractivity contribution is 0.0448. The van der Waals surface area contributed by atoms with Gasteiger partial charge in [-0.15, -0.1) is 0 Å². The third kappa shape index (κ3) is 6.56. The van der Waals surface area contributed by atoms with E-state index < -0.39 is 11.7 Å². The molecule has 0 unspecified atom stereocenters. The number of nitrogens with zero attached hydrogens (tertiary/aromatic N) is 2. The van der Waals surface area contributed by atoms with Crippen LogP contribution in [-0.2, 0) is 9.47 Å². The Morgan fingerprint density at radius 3 is 2.56 bits per heavy atom. The van der Waals surface area contributed by atoms with Gasteiger partial charge in [-0.25, -0.2) is 10.2 Å². The van der Waals surface area contributed by atoms with E-state index in [0.29, 0.717) is 0 Å². The normalized spacial score (nSPS) is 18.6. The summed E-state index contributed by atoms with van der Waals surface area (Å²) in [5.74, 6) is 0. The number of hydrazone groups is 1. The van der Waals surface area contributed by atoms with Gasteiger partial charge in [-0.2, -0.15) is 5.10 Å². The molecule has 0 aromatic heterocycles. The predicted octanol–water partition coefficient (Wildman–Crippen LogP) is 1.22. The Kier molecular flexibility index (Phi) is 5.55. The summed E-state index contributed by atoms with van der Waals surface area (Å²) in [6.07, 6.45) is -0.524. The standard InChI is InChI=1S/C12H23N3O3/c1-10(9-15-5-7-17-8-6-15)13-14-11(16)18-12(2,3)4/h5-9H2,1-4H3,(H,14,16)/b13-10+. The first-order valence-corrected chi connectivity index (χ1v) is 6.19. The second-order valence-electron chi connectivity index (χ2n) is 5.35. The molecule has 1 fully saturated rings. The SMILES string of the molecule is C/C(CN1CCOCC1)=N\NC(=O)OC(C)(C)C. The highest BCUT2D eigenvalue weighted by Gasteiger charge is 2.16. The van der Waals surface area contributed by atoms with Gasteiger partial charge >= 0.3 is 6.09 Å². The van der Waals surface area contributed by atoms with E-state index in [-0.39, 0.29) is 0 Å². The van der Waals surface area contributed by atoms with Gasteiger partial charge in [0.1, 0.15) is 5.60 Å². The van der Waals surface area contributed by atoms with Crippen LogP contribution in [0.5, 0.6) is 0 Å². The van der Waals surface area contributed by atoms with Crippen LogP contribution >= 0.6 is 0 Å². The Morgan fingerprint density at radius 2 is 2.00 bits per heavy atom. The molecule has 6 nitrogen and oxygen atoms in total. The highest BCUT2D eigenvalue weighted by molar-refractivity contribution is 5.85. The number of nitrogens with one attached hydrogen (secondary N) is 1. The molecule has 0 aliphatic carbocycles. The molecule has 0 bridgehead atoms. The summed E-state index contributed by atoms with van der Waals surface area (Å²) >= 11 is 0. The number of hydrogen-bond donors (Lipinski definition) is 1. The molecule has 1 heterocycles. The molecule has 1 N–H and O–H groups in total. The van der Waals surface area contributed by atoms with Gasteiger partial charge < -0.3 is 9.47 Å². The monoisotopic (exact) mass is 257 g/mol. The fraction of sp³-hybridized carbons (Fsp3) is 0.833. The van der Waals surface area contributed by atoms with Crippen LogP contribution in [0.2, 0.25) is 0 Å². The largest absolute Gasteiger partial charge is 0.443 e. The van der Waals surface area contributed by atoms with Gasteiger partial charge in [0.25, 0.3) is 0 Å². The van der Waals surface area contributed by atoms with Crippen molar-refractivity contribution >= 4 is 11.8 Å². The number of morpholine rings is 1. The van der Waals surface area contributed by atoms with Gasteiger partial charge in [0.15, 0.2) is 0 Å². The molecule has 104 valence electrons. The second kappa shape index (κ2) is 6.70. The van der Waals surface area contributed by atoms with E-state index in [9.17, 15) is 4.79 Å². The van der Waals surface area contributed by atoms with Crippen LogP contribution in [0.25, 0.3) is 0 Å². The van der Waals surface area contributed by atoms with Crippen molar-refractivity contribution < 1.29 is 14.3 Å². The molecule has 0 aromatic carbocycles. The van der Waals surface area contributed by atoms with Crippen LogP contribution in [0.3, 0.4) is 0 Å². The summed E-state index contributed by atoms with van der Waals surface area (Å²) in [5, 5.41) is 4.01. The number of ether oxygens (including phenoxy) is 2. The Bertz CT molecular complexity index is 304. The molecule has 1 saturated heterocycles. The van der Waals surface area contributed by atoms with Crippen LogP contribution in [0.1, 0.15) is 27.7 Å². The zero-order valence-electron chi connectivity index (χ0n) is 11.7. The molecular weight excluding hydrogens is 234 g/mol. The van der Waals surface area contributed by atoms with Crippen LogP contribution in [0, 0.1) is 0 Å². The third-order valence-electron chi connectivity index (χ3n) is 2.29. The van der Waals surface area contributed by atoms with E-state index in [1.807, 2.05) is 27.7 Å². The van der Waals surface area contributed by atoms with E-state index in [0.717, 1.165) is 38.6 Å². The third-order valence-corrected chi connectivity index (χ3v) is 2.29. The molecule has 0 atom stereocenters. The first-order chi connectivity index (χ1) is 8.37. The quantitative estimate of drug-likeness (QED) is 0.610. The highest BCUT2D eigenvalue weighted by Crippen LogP contribution is 2.06. The van der Waals surface area contributed by atoms with Crippen molar-refractivity contribution in [1.82, 2.24) is 10.3 Å². The van der Waals surface area contributed by atoms with Crippen LogP contribution in [0.4, 0.5) is 4.79 Å². The maximum atomic E-state index is 11.4. The average Bonchev–Trinajstić information content (AvgIpc) is 2.25. The Hall–Kier alpha value is -1.14. The van der Waals surface area contributed by atoms with Gasteiger partial charge in [0.05, 0.1) is 13.2 Å². The predicted molar refractivity (Wildman–Crippen MR) is 69.7 cm³/mol. The molecule has 1 aliphatic heterocycles. The molecule has 0 aromatic rings. The van der Waals surface area contributed by atoms with E-state index in [1.165, 1.54) is 0 Å². The highest BCUT2D eigenvalue weighted by atomic mass is 16.6. The smallest absolute Gasteiger partial charge is 0.428 e. The lowest BCUT2D eigenvalue weighted by atomic mass is 10.2. The van der Waals surface area contributed by atoms with E-state index in [1.54, 1.807) is 0 Å².